The Bertz CT molecular complexity index is 1190. The van der Waals surface area contributed by atoms with Gasteiger partial charge < -0.3 is 14.4 Å². The Labute approximate surface area is 210 Å². The summed E-state index contributed by atoms with van der Waals surface area (Å²) in [7, 11) is 3.20. The van der Waals surface area contributed by atoms with Gasteiger partial charge in [-0.1, -0.05) is 62.2 Å². The van der Waals surface area contributed by atoms with E-state index in [1.807, 2.05) is 67.6 Å². The topological polar surface area (TPSA) is 51.1 Å². The number of benzodiazepines with no additional fused rings is 1. The molecule has 1 amide bonds. The first-order chi connectivity index (χ1) is 15.9. The van der Waals surface area contributed by atoms with Crippen LogP contribution in [-0.2, 0) is 11.2 Å². The summed E-state index contributed by atoms with van der Waals surface area (Å²) in [5, 5.41) is 0. The standard InChI is InChI=1S/C26H24Br2N2O3/c1-4-30-22-15-24(33-3)23(32-2)14-20(22)25(17-8-6-5-7-9-17)29-21(26(30)31)12-16-10-18(27)13-19(28)11-16/h5-11,13-15,21H,4,12H2,1-3H3. The van der Waals surface area contributed by atoms with Crippen LogP contribution >= 0.6 is 31.9 Å². The van der Waals surface area contributed by atoms with E-state index in [4.69, 9.17) is 14.5 Å². The molecule has 7 heteroatoms. The molecule has 33 heavy (non-hydrogen) atoms. The van der Waals surface area contributed by atoms with Gasteiger partial charge in [0.25, 0.3) is 5.91 Å². The van der Waals surface area contributed by atoms with Gasteiger partial charge in [-0.3, -0.25) is 9.79 Å². The van der Waals surface area contributed by atoms with E-state index in [1.54, 1.807) is 19.1 Å². The molecule has 0 aromatic heterocycles. The number of hydrogen-bond donors (Lipinski definition) is 0. The first kappa shape index (κ1) is 23.5. The number of aliphatic imine (C=N–C) groups is 1. The maximum Gasteiger partial charge on any atom is 0.252 e. The third-order valence-electron chi connectivity index (χ3n) is 5.60. The second-order valence-corrected chi connectivity index (χ2v) is 9.48. The van der Waals surface area contributed by atoms with Crippen LogP contribution in [0.15, 0.2) is 74.6 Å². The molecule has 170 valence electrons. The van der Waals surface area contributed by atoms with Gasteiger partial charge in [0.1, 0.15) is 6.04 Å². The molecular weight excluding hydrogens is 548 g/mol. The van der Waals surface area contributed by atoms with E-state index in [0.717, 1.165) is 37.0 Å². The summed E-state index contributed by atoms with van der Waals surface area (Å²) < 4.78 is 13.0. The molecule has 4 rings (SSSR count). The molecule has 1 aliphatic heterocycles. The van der Waals surface area contributed by atoms with Crippen molar-refractivity contribution in [2.24, 2.45) is 4.99 Å². The van der Waals surface area contributed by atoms with Gasteiger partial charge in [0.05, 0.1) is 25.6 Å². The molecule has 1 heterocycles. The van der Waals surface area contributed by atoms with E-state index in [0.29, 0.717) is 24.5 Å². The average Bonchev–Trinajstić information content (AvgIpc) is 2.92. The smallest absolute Gasteiger partial charge is 0.252 e. The van der Waals surface area contributed by atoms with Gasteiger partial charge >= 0.3 is 0 Å². The number of likely N-dealkylation sites (N-methyl/N-ethyl adjacent to an activating group) is 1. The number of anilines is 1. The van der Waals surface area contributed by atoms with Crippen LogP contribution in [0.1, 0.15) is 23.6 Å². The number of ether oxygens (including phenoxy) is 2. The summed E-state index contributed by atoms with van der Waals surface area (Å²) in [4.78, 5) is 20.6. The van der Waals surface area contributed by atoms with Crippen molar-refractivity contribution in [3.63, 3.8) is 0 Å². The molecule has 0 fully saturated rings. The van der Waals surface area contributed by atoms with E-state index in [9.17, 15) is 4.79 Å². The predicted molar refractivity (Wildman–Crippen MR) is 139 cm³/mol. The second kappa shape index (κ2) is 10.1. The van der Waals surface area contributed by atoms with Crippen LogP contribution < -0.4 is 14.4 Å². The number of hydrogen-bond acceptors (Lipinski definition) is 4. The molecule has 5 nitrogen and oxygen atoms in total. The molecule has 0 N–H and O–H groups in total. The number of halogens is 2. The number of carbonyl (C=O) groups is 1. The number of methoxy groups -OCH3 is 2. The highest BCUT2D eigenvalue weighted by atomic mass is 79.9. The van der Waals surface area contributed by atoms with Crippen molar-refractivity contribution in [3.8, 4) is 11.5 Å². The molecule has 1 unspecified atom stereocenters. The highest BCUT2D eigenvalue weighted by molar-refractivity contribution is 9.11. The molecule has 0 spiro atoms. The fraction of sp³-hybridized carbons (Fsp3) is 0.231. The Morgan fingerprint density at radius 1 is 0.939 bits per heavy atom. The van der Waals surface area contributed by atoms with Crippen LogP contribution in [0.2, 0.25) is 0 Å². The average molecular weight is 572 g/mol. The molecule has 0 aliphatic carbocycles. The minimum atomic E-state index is -0.578. The number of nitrogens with zero attached hydrogens (tertiary/aromatic N) is 2. The zero-order valence-corrected chi connectivity index (χ0v) is 21.8. The maximum atomic E-state index is 13.8. The lowest BCUT2D eigenvalue weighted by molar-refractivity contribution is -0.119. The molecule has 0 radical (unpaired) electrons. The number of fused-ring (bicyclic) bond motifs is 1. The lowest BCUT2D eigenvalue weighted by Crippen LogP contribution is -2.38. The minimum absolute atomic E-state index is 0.0481. The summed E-state index contributed by atoms with van der Waals surface area (Å²) in [5.41, 5.74) is 4.32. The zero-order valence-electron chi connectivity index (χ0n) is 18.6. The number of rotatable bonds is 6. The van der Waals surface area contributed by atoms with Gasteiger partial charge in [-0.25, -0.2) is 0 Å². The van der Waals surface area contributed by atoms with Crippen molar-refractivity contribution in [3.05, 3.63) is 86.3 Å². The fourth-order valence-corrected chi connectivity index (χ4v) is 5.49. The quantitative estimate of drug-likeness (QED) is 0.362. The van der Waals surface area contributed by atoms with Crippen LogP contribution in [0.5, 0.6) is 11.5 Å². The number of carbonyl (C=O) groups excluding carboxylic acids is 1. The Balaban J connectivity index is 1.92. The monoisotopic (exact) mass is 570 g/mol. The summed E-state index contributed by atoms with van der Waals surface area (Å²) >= 11 is 7.10. The zero-order chi connectivity index (χ0) is 23.5. The molecule has 3 aromatic carbocycles. The predicted octanol–water partition coefficient (Wildman–Crippen LogP) is 6.04. The van der Waals surface area contributed by atoms with Crippen molar-refractivity contribution in [1.29, 1.82) is 0 Å². The highest BCUT2D eigenvalue weighted by Crippen LogP contribution is 2.38. The first-order valence-electron chi connectivity index (χ1n) is 10.6. The van der Waals surface area contributed by atoms with Crippen LogP contribution in [0.3, 0.4) is 0 Å². The van der Waals surface area contributed by atoms with E-state index in [1.165, 1.54) is 0 Å². The van der Waals surface area contributed by atoms with Gasteiger partial charge in [-0.2, -0.15) is 0 Å². The fourth-order valence-electron chi connectivity index (χ4n) is 4.10. The van der Waals surface area contributed by atoms with Crippen molar-refractivity contribution in [2.45, 2.75) is 19.4 Å². The van der Waals surface area contributed by atoms with Crippen LogP contribution in [0.25, 0.3) is 0 Å². The molecule has 0 saturated carbocycles. The summed E-state index contributed by atoms with van der Waals surface area (Å²) in [6, 6.07) is 19.2. The Morgan fingerprint density at radius 3 is 2.18 bits per heavy atom. The molecule has 1 aliphatic rings. The first-order valence-corrected chi connectivity index (χ1v) is 12.2. The molecule has 0 bridgehead atoms. The van der Waals surface area contributed by atoms with Gasteiger partial charge in [-0.15, -0.1) is 0 Å². The van der Waals surface area contributed by atoms with Crippen LogP contribution in [0.4, 0.5) is 5.69 Å². The van der Waals surface area contributed by atoms with Gasteiger partial charge in [-0.05, 0) is 36.8 Å². The van der Waals surface area contributed by atoms with E-state index >= 15 is 0 Å². The van der Waals surface area contributed by atoms with Gasteiger partial charge in [0, 0.05) is 39.1 Å². The number of benzene rings is 3. The molecule has 1 atom stereocenters. The Hall–Kier alpha value is -2.64. The lowest BCUT2D eigenvalue weighted by Gasteiger charge is -2.25. The SMILES string of the molecule is CCN1C(=O)C(Cc2cc(Br)cc(Br)c2)N=C(c2ccccc2)c2cc(OC)c(OC)cc21. The highest BCUT2D eigenvalue weighted by Gasteiger charge is 2.32. The Morgan fingerprint density at radius 2 is 1.58 bits per heavy atom. The third-order valence-corrected chi connectivity index (χ3v) is 6.51. The van der Waals surface area contributed by atoms with E-state index < -0.39 is 6.04 Å². The summed E-state index contributed by atoms with van der Waals surface area (Å²) in [6.07, 6.45) is 0.478. The molecule has 0 saturated heterocycles. The van der Waals surface area contributed by atoms with Crippen molar-refractivity contribution in [1.82, 2.24) is 0 Å². The van der Waals surface area contributed by atoms with Crippen molar-refractivity contribution in [2.75, 3.05) is 25.7 Å². The lowest BCUT2D eigenvalue weighted by atomic mass is 9.99. The number of amides is 1. The molecule has 3 aromatic rings. The van der Waals surface area contributed by atoms with Crippen LogP contribution in [-0.4, -0.2) is 38.4 Å². The van der Waals surface area contributed by atoms with Gasteiger partial charge in [0.2, 0.25) is 0 Å². The normalized spacial score (nSPS) is 15.5. The van der Waals surface area contributed by atoms with E-state index in [2.05, 4.69) is 31.9 Å². The second-order valence-electron chi connectivity index (χ2n) is 7.65. The molecular formula is C26H24Br2N2O3. The van der Waals surface area contributed by atoms with Gasteiger partial charge in [0.15, 0.2) is 11.5 Å². The minimum Gasteiger partial charge on any atom is -0.493 e. The Kier molecular flexibility index (Phi) is 7.20. The third kappa shape index (κ3) is 4.84. The van der Waals surface area contributed by atoms with Crippen molar-refractivity contribution < 1.29 is 14.3 Å². The summed E-state index contributed by atoms with van der Waals surface area (Å²) in [5.74, 6) is 1.12. The van der Waals surface area contributed by atoms with Crippen LogP contribution in [0, 0.1) is 0 Å². The maximum absolute atomic E-state index is 13.8. The van der Waals surface area contributed by atoms with Crippen molar-refractivity contribution >= 4 is 49.2 Å². The summed E-state index contributed by atoms with van der Waals surface area (Å²) in [6.45, 7) is 2.48. The van der Waals surface area contributed by atoms with E-state index in [-0.39, 0.29) is 5.91 Å². The largest absolute Gasteiger partial charge is 0.493 e.